The smallest absolute Gasteiger partial charge is 0.0830 e. The van der Waals surface area contributed by atoms with E-state index in [2.05, 4.69) is 60.7 Å². The van der Waals surface area contributed by atoms with Gasteiger partial charge in [0.2, 0.25) is 0 Å². The second-order valence-corrected chi connectivity index (χ2v) is 6.86. The average Bonchev–Trinajstić information content (AvgIpc) is 2.42. The quantitative estimate of drug-likeness (QED) is 0.687. The van der Waals surface area contributed by atoms with Gasteiger partial charge in [-0.3, -0.25) is 0 Å². The standard InChI is InChI=1S/C17H18ClIO/c1-11(2)13-5-3-12(4-6-13)9-17(20)14-7-8-16(19)15(18)10-14/h3-8,10-11,17,20H,9H2,1-2H3. The fourth-order valence-electron chi connectivity index (χ4n) is 2.10. The molecule has 0 heterocycles. The van der Waals surface area contributed by atoms with Gasteiger partial charge < -0.3 is 5.11 Å². The van der Waals surface area contributed by atoms with Crippen LogP contribution in [0.4, 0.5) is 0 Å². The van der Waals surface area contributed by atoms with Gasteiger partial charge in [0, 0.05) is 9.99 Å². The van der Waals surface area contributed by atoms with Gasteiger partial charge in [0.25, 0.3) is 0 Å². The molecule has 0 radical (unpaired) electrons. The van der Waals surface area contributed by atoms with Crippen LogP contribution in [0.15, 0.2) is 42.5 Å². The molecule has 1 atom stereocenters. The Balaban J connectivity index is 2.10. The van der Waals surface area contributed by atoms with Crippen LogP contribution in [0, 0.1) is 3.57 Å². The zero-order chi connectivity index (χ0) is 14.7. The molecule has 1 unspecified atom stereocenters. The van der Waals surface area contributed by atoms with Gasteiger partial charge in [0.1, 0.15) is 0 Å². The molecule has 1 nitrogen and oxygen atoms in total. The molecular formula is C17H18ClIO. The summed E-state index contributed by atoms with van der Waals surface area (Å²) in [7, 11) is 0. The third-order valence-corrected chi connectivity index (χ3v) is 4.98. The minimum Gasteiger partial charge on any atom is -0.388 e. The maximum Gasteiger partial charge on any atom is 0.0830 e. The maximum absolute atomic E-state index is 10.3. The Kier molecular flexibility index (Phi) is 5.47. The fourth-order valence-corrected chi connectivity index (χ4v) is 2.62. The number of hydrogen-bond acceptors (Lipinski definition) is 1. The third kappa shape index (κ3) is 3.96. The molecule has 0 fully saturated rings. The zero-order valence-electron chi connectivity index (χ0n) is 11.6. The van der Waals surface area contributed by atoms with Gasteiger partial charge in [-0.05, 0) is 57.3 Å². The molecule has 0 bridgehead atoms. The van der Waals surface area contributed by atoms with Crippen LogP contribution in [-0.4, -0.2) is 5.11 Å². The highest BCUT2D eigenvalue weighted by atomic mass is 127. The van der Waals surface area contributed by atoms with E-state index in [1.54, 1.807) is 0 Å². The molecular weight excluding hydrogens is 383 g/mol. The predicted molar refractivity (Wildman–Crippen MR) is 93.4 cm³/mol. The lowest BCUT2D eigenvalue weighted by atomic mass is 9.97. The molecule has 0 spiro atoms. The van der Waals surface area contributed by atoms with Crippen molar-refractivity contribution in [1.82, 2.24) is 0 Å². The number of aliphatic hydroxyl groups is 1. The molecule has 0 saturated carbocycles. The zero-order valence-corrected chi connectivity index (χ0v) is 14.5. The number of aliphatic hydroxyl groups excluding tert-OH is 1. The third-order valence-electron chi connectivity index (χ3n) is 3.40. The maximum atomic E-state index is 10.3. The number of halogens is 2. The van der Waals surface area contributed by atoms with Crippen molar-refractivity contribution in [3.8, 4) is 0 Å². The molecule has 1 N–H and O–H groups in total. The molecule has 0 amide bonds. The summed E-state index contributed by atoms with van der Waals surface area (Å²) in [5.41, 5.74) is 3.32. The second kappa shape index (κ2) is 6.92. The second-order valence-electron chi connectivity index (χ2n) is 5.29. The first-order valence-electron chi connectivity index (χ1n) is 6.69. The van der Waals surface area contributed by atoms with Crippen LogP contribution >= 0.6 is 34.2 Å². The number of benzene rings is 2. The van der Waals surface area contributed by atoms with E-state index in [9.17, 15) is 5.11 Å². The average molecular weight is 401 g/mol. The molecule has 2 aromatic rings. The predicted octanol–water partition coefficient (Wildman–Crippen LogP) is 5.34. The van der Waals surface area contributed by atoms with Gasteiger partial charge in [-0.25, -0.2) is 0 Å². The lowest BCUT2D eigenvalue weighted by Gasteiger charge is -2.13. The summed E-state index contributed by atoms with van der Waals surface area (Å²) in [5.74, 6) is 0.531. The summed E-state index contributed by atoms with van der Waals surface area (Å²) in [4.78, 5) is 0. The SMILES string of the molecule is CC(C)c1ccc(CC(O)c2ccc(I)c(Cl)c2)cc1. The highest BCUT2D eigenvalue weighted by molar-refractivity contribution is 14.1. The fraction of sp³-hybridized carbons (Fsp3) is 0.294. The molecule has 106 valence electrons. The van der Waals surface area contributed by atoms with E-state index >= 15 is 0 Å². The van der Waals surface area contributed by atoms with E-state index in [-0.39, 0.29) is 0 Å². The van der Waals surface area contributed by atoms with Crippen molar-refractivity contribution in [2.75, 3.05) is 0 Å². The molecule has 3 heteroatoms. The van der Waals surface area contributed by atoms with Crippen molar-refractivity contribution in [2.24, 2.45) is 0 Å². The largest absolute Gasteiger partial charge is 0.388 e. The van der Waals surface area contributed by atoms with Gasteiger partial charge in [-0.15, -0.1) is 0 Å². The van der Waals surface area contributed by atoms with Crippen molar-refractivity contribution >= 4 is 34.2 Å². The summed E-state index contributed by atoms with van der Waals surface area (Å²) in [6, 6.07) is 14.2. The van der Waals surface area contributed by atoms with Gasteiger partial charge >= 0.3 is 0 Å². The lowest BCUT2D eigenvalue weighted by molar-refractivity contribution is 0.178. The van der Waals surface area contributed by atoms with Crippen LogP contribution in [-0.2, 0) is 6.42 Å². The summed E-state index contributed by atoms with van der Waals surface area (Å²) < 4.78 is 1.00. The normalized spacial score (nSPS) is 12.7. The molecule has 0 aliphatic rings. The summed E-state index contributed by atoms with van der Waals surface area (Å²) >= 11 is 8.28. The molecule has 0 aliphatic heterocycles. The van der Waals surface area contributed by atoms with Gasteiger partial charge in [0.15, 0.2) is 0 Å². The Hall–Kier alpha value is -0.580. The minimum atomic E-state index is -0.519. The Labute approximate surface area is 139 Å². The molecule has 20 heavy (non-hydrogen) atoms. The Bertz CT molecular complexity index is 578. The van der Waals surface area contributed by atoms with E-state index in [0.29, 0.717) is 17.4 Å². The molecule has 2 rings (SSSR count). The van der Waals surface area contributed by atoms with Crippen LogP contribution < -0.4 is 0 Å². The van der Waals surface area contributed by atoms with Crippen LogP contribution in [0.1, 0.15) is 42.6 Å². The summed E-state index contributed by atoms with van der Waals surface area (Å²) in [5, 5.41) is 11.0. The Morgan fingerprint density at radius 3 is 2.20 bits per heavy atom. The Morgan fingerprint density at radius 1 is 1.05 bits per heavy atom. The monoisotopic (exact) mass is 400 g/mol. The summed E-state index contributed by atoms with van der Waals surface area (Å²) in [6.45, 7) is 4.36. The van der Waals surface area contributed by atoms with Gasteiger partial charge in [-0.1, -0.05) is 55.8 Å². The van der Waals surface area contributed by atoms with E-state index in [1.807, 2.05) is 18.2 Å². The number of rotatable bonds is 4. The van der Waals surface area contributed by atoms with Crippen molar-refractivity contribution in [1.29, 1.82) is 0 Å². The molecule has 0 saturated heterocycles. The summed E-state index contributed by atoms with van der Waals surface area (Å²) in [6.07, 6.45) is 0.0874. The van der Waals surface area contributed by atoms with E-state index < -0.39 is 6.10 Å². The van der Waals surface area contributed by atoms with Gasteiger partial charge in [0.05, 0.1) is 11.1 Å². The van der Waals surface area contributed by atoms with Crippen LogP contribution in [0.3, 0.4) is 0 Å². The highest BCUT2D eigenvalue weighted by Gasteiger charge is 2.10. The van der Waals surface area contributed by atoms with Crippen molar-refractivity contribution in [3.05, 3.63) is 67.7 Å². The van der Waals surface area contributed by atoms with E-state index in [0.717, 1.165) is 14.7 Å². The van der Waals surface area contributed by atoms with Crippen molar-refractivity contribution < 1.29 is 5.11 Å². The van der Waals surface area contributed by atoms with Crippen molar-refractivity contribution in [3.63, 3.8) is 0 Å². The Morgan fingerprint density at radius 2 is 1.65 bits per heavy atom. The molecule has 2 aromatic carbocycles. The number of hydrogen-bond donors (Lipinski definition) is 1. The van der Waals surface area contributed by atoms with Crippen LogP contribution in [0.2, 0.25) is 5.02 Å². The first kappa shape index (κ1) is 15.8. The lowest BCUT2D eigenvalue weighted by Crippen LogP contribution is -2.02. The van der Waals surface area contributed by atoms with Crippen molar-refractivity contribution in [2.45, 2.75) is 32.3 Å². The topological polar surface area (TPSA) is 20.2 Å². The van der Waals surface area contributed by atoms with Gasteiger partial charge in [-0.2, -0.15) is 0 Å². The molecule has 0 aromatic heterocycles. The van der Waals surface area contributed by atoms with Crippen LogP contribution in [0.5, 0.6) is 0 Å². The highest BCUT2D eigenvalue weighted by Crippen LogP contribution is 2.25. The van der Waals surface area contributed by atoms with E-state index in [1.165, 1.54) is 5.56 Å². The van der Waals surface area contributed by atoms with E-state index in [4.69, 9.17) is 11.6 Å². The first-order chi connectivity index (χ1) is 9.47. The first-order valence-corrected chi connectivity index (χ1v) is 8.15. The molecule has 0 aliphatic carbocycles. The minimum absolute atomic E-state index is 0.519. The van der Waals surface area contributed by atoms with Crippen LogP contribution in [0.25, 0.3) is 0 Å².